The lowest BCUT2D eigenvalue weighted by atomic mass is 10.2. The largest absolute Gasteiger partial charge is 0.380 e. The van der Waals surface area contributed by atoms with E-state index in [0.717, 1.165) is 30.2 Å². The third kappa shape index (κ3) is 4.25. The van der Waals surface area contributed by atoms with Gasteiger partial charge in [-0.25, -0.2) is 4.98 Å². The highest BCUT2D eigenvalue weighted by Crippen LogP contribution is 2.16. The van der Waals surface area contributed by atoms with E-state index in [0.29, 0.717) is 25.2 Å². The van der Waals surface area contributed by atoms with Crippen LogP contribution in [0.2, 0.25) is 0 Å². The Kier molecular flexibility index (Phi) is 5.42. The van der Waals surface area contributed by atoms with Crippen molar-refractivity contribution in [3.8, 4) is 0 Å². The highest BCUT2D eigenvalue weighted by molar-refractivity contribution is 5.94. The molecule has 0 aliphatic carbocycles. The van der Waals surface area contributed by atoms with Crippen LogP contribution in [0.1, 0.15) is 15.9 Å². The minimum absolute atomic E-state index is 0.0146. The second kappa shape index (κ2) is 8.47. The lowest BCUT2D eigenvalue weighted by Crippen LogP contribution is -2.49. The molecule has 0 saturated carbocycles. The predicted octanol–water partition coefficient (Wildman–Crippen LogP) is 2.45. The minimum atomic E-state index is 0.0146. The summed E-state index contributed by atoms with van der Waals surface area (Å²) in [5.41, 5.74) is 2.55. The maximum Gasteiger partial charge on any atom is 0.255 e. The number of carbonyl (C=O) groups excluding carboxylic acids is 1. The first-order valence-electron chi connectivity index (χ1n) is 9.33. The average Bonchev–Trinajstić information content (AvgIpc) is 2.79. The number of hydrogen-bond acceptors (Lipinski definition) is 6. The summed E-state index contributed by atoms with van der Waals surface area (Å²) >= 11 is 0. The van der Waals surface area contributed by atoms with Gasteiger partial charge in [0.05, 0.1) is 11.3 Å². The van der Waals surface area contributed by atoms with E-state index in [1.165, 1.54) is 0 Å². The number of nitrogens with zero attached hydrogens (tertiary/aromatic N) is 5. The van der Waals surface area contributed by atoms with Crippen LogP contribution in [-0.2, 0) is 6.54 Å². The van der Waals surface area contributed by atoms with Crippen LogP contribution in [0.5, 0.6) is 0 Å². The van der Waals surface area contributed by atoms with Crippen LogP contribution in [0.4, 0.5) is 11.5 Å². The lowest BCUT2D eigenvalue weighted by Gasteiger charge is -2.35. The summed E-state index contributed by atoms with van der Waals surface area (Å²) in [5.74, 6) is 0.972. The van der Waals surface area contributed by atoms with Gasteiger partial charge in [0.15, 0.2) is 0 Å². The fourth-order valence-electron chi connectivity index (χ4n) is 3.22. The second-order valence-electron chi connectivity index (χ2n) is 6.64. The van der Waals surface area contributed by atoms with Crippen LogP contribution < -0.4 is 10.2 Å². The molecule has 1 saturated heterocycles. The number of amides is 1. The zero-order chi connectivity index (χ0) is 19.2. The zero-order valence-corrected chi connectivity index (χ0v) is 15.5. The Morgan fingerprint density at radius 3 is 2.54 bits per heavy atom. The number of rotatable bonds is 5. The van der Waals surface area contributed by atoms with Crippen molar-refractivity contribution in [3.05, 3.63) is 78.5 Å². The van der Waals surface area contributed by atoms with Crippen molar-refractivity contribution in [2.75, 3.05) is 36.4 Å². The van der Waals surface area contributed by atoms with Gasteiger partial charge in [-0.2, -0.15) is 0 Å². The van der Waals surface area contributed by atoms with Crippen molar-refractivity contribution in [1.82, 2.24) is 19.9 Å². The van der Waals surface area contributed by atoms with E-state index in [4.69, 9.17) is 0 Å². The van der Waals surface area contributed by atoms with Crippen LogP contribution >= 0.6 is 0 Å². The van der Waals surface area contributed by atoms with Gasteiger partial charge in [0.1, 0.15) is 5.82 Å². The van der Waals surface area contributed by atoms with Crippen molar-refractivity contribution in [3.63, 3.8) is 0 Å². The Labute approximate surface area is 164 Å². The zero-order valence-electron chi connectivity index (χ0n) is 15.5. The Hall–Kier alpha value is -3.48. The van der Waals surface area contributed by atoms with Gasteiger partial charge in [-0.05, 0) is 35.9 Å². The molecule has 1 aliphatic heterocycles. The molecule has 0 radical (unpaired) electrons. The van der Waals surface area contributed by atoms with Gasteiger partial charge >= 0.3 is 0 Å². The van der Waals surface area contributed by atoms with Gasteiger partial charge in [-0.1, -0.05) is 6.07 Å². The van der Waals surface area contributed by atoms with Gasteiger partial charge in [0.2, 0.25) is 0 Å². The average molecular weight is 374 g/mol. The van der Waals surface area contributed by atoms with Crippen molar-refractivity contribution >= 4 is 17.4 Å². The topological polar surface area (TPSA) is 74.2 Å². The van der Waals surface area contributed by atoms with E-state index in [-0.39, 0.29) is 5.91 Å². The molecule has 142 valence electrons. The Morgan fingerprint density at radius 1 is 0.964 bits per heavy atom. The molecule has 1 N–H and O–H groups in total. The summed E-state index contributed by atoms with van der Waals surface area (Å²) in [4.78, 5) is 29.6. The molecular formula is C21H22N6O. The fraction of sp³-hybridized carbons (Fsp3) is 0.238. The van der Waals surface area contributed by atoms with Crippen molar-refractivity contribution in [2.24, 2.45) is 0 Å². The Morgan fingerprint density at radius 2 is 1.79 bits per heavy atom. The van der Waals surface area contributed by atoms with E-state index < -0.39 is 0 Å². The van der Waals surface area contributed by atoms with Crippen molar-refractivity contribution < 1.29 is 4.79 Å². The molecular weight excluding hydrogens is 352 g/mol. The fourth-order valence-corrected chi connectivity index (χ4v) is 3.22. The molecule has 0 spiro atoms. The summed E-state index contributed by atoms with van der Waals surface area (Å²) in [5, 5.41) is 3.31. The van der Waals surface area contributed by atoms with Gasteiger partial charge in [-0.15, -0.1) is 0 Å². The van der Waals surface area contributed by atoms with E-state index in [2.05, 4.69) is 25.2 Å². The summed E-state index contributed by atoms with van der Waals surface area (Å²) in [7, 11) is 0. The monoisotopic (exact) mass is 374 g/mol. The lowest BCUT2D eigenvalue weighted by molar-refractivity contribution is 0.0746. The highest BCUT2D eigenvalue weighted by atomic mass is 16.2. The molecule has 1 aliphatic rings. The molecule has 3 aromatic heterocycles. The molecule has 4 heterocycles. The summed E-state index contributed by atoms with van der Waals surface area (Å²) in [6, 6.07) is 11.7. The van der Waals surface area contributed by atoms with Crippen LogP contribution in [0, 0.1) is 0 Å². The number of piperazine rings is 1. The highest BCUT2D eigenvalue weighted by Gasteiger charge is 2.23. The summed E-state index contributed by atoms with van der Waals surface area (Å²) < 4.78 is 0. The molecule has 1 fully saturated rings. The standard InChI is InChI=1S/C21H22N6O/c28-21(27-11-9-26(10-12-27)20-3-1-2-6-24-20)18-13-19(16-23-15-18)25-14-17-4-7-22-8-5-17/h1-8,13,15-16,25H,9-12,14H2. The van der Waals surface area contributed by atoms with Crippen LogP contribution in [-0.4, -0.2) is 51.9 Å². The SMILES string of the molecule is O=C(c1cncc(NCc2ccncc2)c1)N1CCN(c2ccccn2)CC1. The first-order chi connectivity index (χ1) is 13.8. The number of nitrogens with one attached hydrogen (secondary N) is 1. The third-order valence-electron chi connectivity index (χ3n) is 4.77. The molecule has 7 heteroatoms. The van der Waals surface area contributed by atoms with Gasteiger partial charge < -0.3 is 15.1 Å². The second-order valence-corrected chi connectivity index (χ2v) is 6.64. The predicted molar refractivity (Wildman–Crippen MR) is 108 cm³/mol. The van der Waals surface area contributed by atoms with Gasteiger partial charge in [0, 0.05) is 63.7 Å². The molecule has 0 aromatic carbocycles. The van der Waals surface area contributed by atoms with Crippen LogP contribution in [0.25, 0.3) is 0 Å². The Balaban J connectivity index is 1.36. The molecule has 0 unspecified atom stereocenters. The summed E-state index contributed by atoms with van der Waals surface area (Å²) in [6.07, 6.45) is 8.69. The molecule has 28 heavy (non-hydrogen) atoms. The molecule has 0 atom stereocenters. The van der Waals surface area contributed by atoms with E-state index in [1.54, 1.807) is 31.0 Å². The normalized spacial score (nSPS) is 14.0. The van der Waals surface area contributed by atoms with Crippen molar-refractivity contribution in [2.45, 2.75) is 6.54 Å². The third-order valence-corrected chi connectivity index (χ3v) is 4.77. The molecule has 3 aromatic rings. The smallest absolute Gasteiger partial charge is 0.255 e. The minimum Gasteiger partial charge on any atom is -0.380 e. The Bertz CT molecular complexity index is 910. The summed E-state index contributed by atoms with van der Waals surface area (Å²) in [6.45, 7) is 3.55. The molecule has 0 bridgehead atoms. The maximum absolute atomic E-state index is 12.9. The first-order valence-corrected chi connectivity index (χ1v) is 9.33. The van der Waals surface area contributed by atoms with E-state index >= 15 is 0 Å². The van der Waals surface area contributed by atoms with Crippen LogP contribution in [0.15, 0.2) is 67.4 Å². The van der Waals surface area contributed by atoms with Crippen molar-refractivity contribution in [1.29, 1.82) is 0 Å². The number of pyridine rings is 3. The number of anilines is 2. The maximum atomic E-state index is 12.9. The molecule has 4 rings (SSSR count). The van der Waals surface area contributed by atoms with Crippen LogP contribution in [0.3, 0.4) is 0 Å². The van der Waals surface area contributed by atoms with Gasteiger partial charge in [0.25, 0.3) is 5.91 Å². The first kappa shape index (κ1) is 17.9. The molecule has 7 nitrogen and oxygen atoms in total. The van der Waals surface area contributed by atoms with Gasteiger partial charge in [-0.3, -0.25) is 14.8 Å². The quantitative estimate of drug-likeness (QED) is 0.739. The molecule has 1 amide bonds. The number of aromatic nitrogens is 3. The van der Waals surface area contributed by atoms with E-state index in [1.807, 2.05) is 41.3 Å². The van der Waals surface area contributed by atoms with E-state index in [9.17, 15) is 4.79 Å². The number of carbonyl (C=O) groups is 1. The number of hydrogen-bond donors (Lipinski definition) is 1.